The number of carbonyl (C=O) groups excluding carboxylic acids is 1. The normalized spacial score (nSPS) is 11.9. The fraction of sp³-hybridized carbons (Fsp3) is 0.233. The van der Waals surface area contributed by atoms with Crippen LogP contribution in [0.5, 0.6) is 0 Å². The molecule has 0 aromatic heterocycles. The number of ether oxygens (including phenoxy) is 1. The fourth-order valence-electron chi connectivity index (χ4n) is 5.26. The molecule has 40 heavy (non-hydrogen) atoms. The summed E-state index contributed by atoms with van der Waals surface area (Å²) >= 11 is 0. The lowest BCUT2D eigenvalue weighted by Gasteiger charge is -2.18. The van der Waals surface area contributed by atoms with Gasteiger partial charge in [-0.25, -0.2) is 0 Å². The molecule has 0 fully saturated rings. The number of azide groups is 1. The van der Waals surface area contributed by atoms with Crippen LogP contribution in [0.2, 0.25) is 0 Å². The first-order chi connectivity index (χ1) is 19.5. The number of nitrogens with zero attached hydrogens (tertiary/aromatic N) is 4. The minimum Gasteiger partial charge on any atom is -0.468 e. The number of anilines is 1. The van der Waals surface area contributed by atoms with Crippen molar-refractivity contribution in [3.8, 4) is 0 Å². The summed E-state index contributed by atoms with van der Waals surface area (Å²) in [6, 6.07) is 23.0. The van der Waals surface area contributed by atoms with Crippen molar-refractivity contribution in [3.63, 3.8) is 0 Å². The molecule has 5 aromatic carbocycles. The summed E-state index contributed by atoms with van der Waals surface area (Å²) in [5, 5.41) is 28.5. The zero-order valence-electron chi connectivity index (χ0n) is 22.0. The maximum Gasteiger partial charge on any atom is 0.322 e. The smallest absolute Gasteiger partial charge is 0.322 e. The van der Waals surface area contributed by atoms with E-state index in [0.29, 0.717) is 38.0 Å². The van der Waals surface area contributed by atoms with Crippen LogP contribution in [-0.4, -0.2) is 30.6 Å². The van der Waals surface area contributed by atoms with Crippen LogP contribution >= 0.6 is 0 Å². The molecule has 0 aliphatic carbocycles. The van der Waals surface area contributed by atoms with E-state index in [1.54, 1.807) is 0 Å². The Morgan fingerprint density at radius 2 is 1.75 bits per heavy atom. The first-order valence-corrected chi connectivity index (χ1v) is 13.0. The fourth-order valence-corrected chi connectivity index (χ4v) is 5.26. The average Bonchev–Trinajstić information content (AvgIpc) is 2.97. The molecule has 10 nitrogen and oxygen atoms in total. The number of nitrogens with one attached hydrogen (secondary N) is 2. The standard InChI is InChI=1S/C30H28N6O4/c1-40-30(37)26(7-2-3-16-32-25-15-13-23(34-35-31)17-27(25)36(38)39)33-18-22-11-10-21-9-8-19-5-4-6-20-12-14-24(22)29(21)28(19)20/h4-6,8-15,17,26,32-33H,2-3,7,16,18H2,1H3/t26-/m0/s1. The molecule has 0 heterocycles. The van der Waals surface area contributed by atoms with E-state index in [0.717, 1.165) is 10.9 Å². The second kappa shape index (κ2) is 11.9. The lowest BCUT2D eigenvalue weighted by Crippen LogP contribution is -2.37. The maximum atomic E-state index is 12.6. The van der Waals surface area contributed by atoms with E-state index in [4.69, 9.17) is 10.3 Å². The van der Waals surface area contributed by atoms with E-state index in [9.17, 15) is 14.9 Å². The van der Waals surface area contributed by atoms with Gasteiger partial charge in [-0.05, 0) is 68.7 Å². The van der Waals surface area contributed by atoms with Crippen LogP contribution in [-0.2, 0) is 16.1 Å². The Morgan fingerprint density at radius 1 is 1.02 bits per heavy atom. The van der Waals surface area contributed by atoms with Gasteiger partial charge in [0.1, 0.15) is 11.7 Å². The molecule has 0 radical (unpaired) electrons. The summed E-state index contributed by atoms with van der Waals surface area (Å²) in [5.41, 5.74) is 10.0. The van der Waals surface area contributed by atoms with Crippen molar-refractivity contribution in [2.45, 2.75) is 31.8 Å². The number of hydrogen-bond acceptors (Lipinski definition) is 7. The summed E-state index contributed by atoms with van der Waals surface area (Å²) in [6.45, 7) is 0.987. The van der Waals surface area contributed by atoms with Gasteiger partial charge in [0.05, 0.1) is 12.0 Å². The highest BCUT2D eigenvalue weighted by atomic mass is 16.6. The number of rotatable bonds is 12. The molecule has 5 rings (SSSR count). The monoisotopic (exact) mass is 536 g/mol. The Kier molecular flexibility index (Phi) is 7.91. The number of esters is 1. The highest BCUT2D eigenvalue weighted by molar-refractivity contribution is 6.23. The van der Waals surface area contributed by atoms with Crippen LogP contribution in [0.4, 0.5) is 17.1 Å². The minimum atomic E-state index is -0.519. The molecule has 0 spiro atoms. The average molecular weight is 537 g/mol. The molecule has 0 unspecified atom stereocenters. The first-order valence-electron chi connectivity index (χ1n) is 13.0. The highest BCUT2D eigenvalue weighted by Gasteiger charge is 2.20. The SMILES string of the molecule is COC(=O)[C@H](CCCCNc1ccc(N=[N+]=[N-])cc1[N+](=O)[O-])NCc1ccc2ccc3cccc4ccc1c2c34. The van der Waals surface area contributed by atoms with Crippen LogP contribution in [0.25, 0.3) is 42.8 Å². The Balaban J connectivity index is 1.23. The second-order valence-electron chi connectivity index (χ2n) is 9.61. The van der Waals surface area contributed by atoms with Crippen molar-refractivity contribution >= 4 is 55.3 Å². The van der Waals surface area contributed by atoms with Crippen molar-refractivity contribution in [1.29, 1.82) is 0 Å². The van der Waals surface area contributed by atoms with Gasteiger partial charge >= 0.3 is 5.97 Å². The topological polar surface area (TPSA) is 142 Å². The predicted molar refractivity (Wildman–Crippen MR) is 157 cm³/mol. The molecule has 0 saturated carbocycles. The van der Waals surface area contributed by atoms with Gasteiger partial charge in [-0.15, -0.1) is 0 Å². The van der Waals surface area contributed by atoms with Gasteiger partial charge in [-0.1, -0.05) is 65.8 Å². The molecule has 0 saturated heterocycles. The summed E-state index contributed by atoms with van der Waals surface area (Å²) in [7, 11) is 1.38. The van der Waals surface area contributed by atoms with Crippen LogP contribution in [0.1, 0.15) is 24.8 Å². The molecule has 10 heteroatoms. The van der Waals surface area contributed by atoms with E-state index < -0.39 is 11.0 Å². The van der Waals surface area contributed by atoms with E-state index in [2.05, 4.69) is 75.3 Å². The number of benzene rings is 5. The third-order valence-electron chi connectivity index (χ3n) is 7.22. The molecule has 2 N–H and O–H groups in total. The van der Waals surface area contributed by atoms with Crippen molar-refractivity contribution < 1.29 is 14.5 Å². The van der Waals surface area contributed by atoms with Gasteiger partial charge in [0, 0.05) is 29.8 Å². The molecule has 0 bridgehead atoms. The number of unbranched alkanes of at least 4 members (excludes halogenated alkanes) is 1. The van der Waals surface area contributed by atoms with Crippen molar-refractivity contribution in [1.82, 2.24) is 5.32 Å². The minimum absolute atomic E-state index is 0.160. The summed E-state index contributed by atoms with van der Waals surface area (Å²) < 4.78 is 5.05. The summed E-state index contributed by atoms with van der Waals surface area (Å²) in [6.07, 6.45) is 1.93. The molecule has 0 aliphatic heterocycles. The number of nitro benzene ring substituents is 1. The largest absolute Gasteiger partial charge is 0.468 e. The third-order valence-corrected chi connectivity index (χ3v) is 7.22. The predicted octanol–water partition coefficient (Wildman–Crippen LogP) is 7.35. The van der Waals surface area contributed by atoms with Crippen molar-refractivity contribution in [2.75, 3.05) is 19.0 Å². The Hall–Kier alpha value is -4.92. The summed E-state index contributed by atoms with van der Waals surface area (Å²) in [5.74, 6) is -0.324. The first kappa shape index (κ1) is 26.7. The van der Waals surface area contributed by atoms with Gasteiger partial charge in [0.25, 0.3) is 5.69 Å². The van der Waals surface area contributed by atoms with Gasteiger partial charge < -0.3 is 15.4 Å². The van der Waals surface area contributed by atoms with E-state index in [-0.39, 0.29) is 17.3 Å². The number of nitro groups is 1. The highest BCUT2D eigenvalue weighted by Crippen LogP contribution is 2.36. The van der Waals surface area contributed by atoms with Crippen LogP contribution in [0, 0.1) is 10.1 Å². The molecule has 0 amide bonds. The molecular formula is C30H28N6O4. The Morgan fingerprint density at radius 3 is 2.48 bits per heavy atom. The van der Waals surface area contributed by atoms with E-state index in [1.165, 1.54) is 52.2 Å². The lowest BCUT2D eigenvalue weighted by molar-refractivity contribution is -0.383. The van der Waals surface area contributed by atoms with Gasteiger partial charge in [-0.2, -0.15) is 0 Å². The molecule has 0 aliphatic rings. The Bertz CT molecular complexity index is 1730. The molecule has 202 valence electrons. The molecular weight excluding hydrogens is 508 g/mol. The lowest BCUT2D eigenvalue weighted by atomic mass is 9.92. The quantitative estimate of drug-likeness (QED) is 0.0249. The zero-order valence-corrected chi connectivity index (χ0v) is 22.0. The van der Waals surface area contributed by atoms with Crippen LogP contribution in [0.15, 0.2) is 77.9 Å². The van der Waals surface area contributed by atoms with Gasteiger partial charge in [-0.3, -0.25) is 14.9 Å². The third kappa shape index (κ3) is 5.44. The van der Waals surface area contributed by atoms with Crippen molar-refractivity contribution in [2.24, 2.45) is 5.11 Å². The van der Waals surface area contributed by atoms with Crippen LogP contribution < -0.4 is 10.6 Å². The Labute approximate surface area is 230 Å². The van der Waals surface area contributed by atoms with Crippen LogP contribution in [0.3, 0.4) is 0 Å². The zero-order chi connectivity index (χ0) is 28.1. The molecule has 5 aromatic rings. The maximum absolute atomic E-state index is 12.6. The van der Waals surface area contributed by atoms with Crippen molar-refractivity contribution in [3.05, 3.63) is 98.9 Å². The number of methoxy groups -OCH3 is 1. The number of hydrogen-bond donors (Lipinski definition) is 2. The second-order valence-corrected chi connectivity index (χ2v) is 9.61. The van der Waals surface area contributed by atoms with E-state index in [1.807, 2.05) is 0 Å². The van der Waals surface area contributed by atoms with E-state index >= 15 is 0 Å². The summed E-state index contributed by atoms with van der Waals surface area (Å²) in [4.78, 5) is 26.1. The van der Waals surface area contributed by atoms with Gasteiger partial charge in [0.15, 0.2) is 0 Å². The number of carbonyl (C=O) groups is 1. The molecule has 1 atom stereocenters. The van der Waals surface area contributed by atoms with Gasteiger partial charge in [0.2, 0.25) is 0 Å².